The van der Waals surface area contributed by atoms with Gasteiger partial charge >= 0.3 is 6.18 Å². The Hall–Kier alpha value is -1.72. The van der Waals surface area contributed by atoms with E-state index in [1.54, 1.807) is 19.1 Å². The number of amides is 1. The summed E-state index contributed by atoms with van der Waals surface area (Å²) in [5.74, 6) is -0.458. The van der Waals surface area contributed by atoms with Crippen molar-refractivity contribution >= 4 is 5.91 Å². The summed E-state index contributed by atoms with van der Waals surface area (Å²) in [6.45, 7) is 1.72. The summed E-state index contributed by atoms with van der Waals surface area (Å²) >= 11 is 0. The van der Waals surface area contributed by atoms with Crippen LogP contribution in [0.25, 0.3) is 0 Å². The van der Waals surface area contributed by atoms with E-state index in [2.05, 4.69) is 0 Å². The zero-order valence-corrected chi connectivity index (χ0v) is 10.7. The fourth-order valence-electron chi connectivity index (χ4n) is 1.62. The lowest BCUT2D eigenvalue weighted by atomic mass is 10.1. The van der Waals surface area contributed by atoms with E-state index < -0.39 is 24.9 Å². The van der Waals surface area contributed by atoms with Crippen LogP contribution in [0.2, 0.25) is 0 Å². The van der Waals surface area contributed by atoms with E-state index in [1.807, 2.05) is 0 Å². The number of benzene rings is 1. The molecule has 19 heavy (non-hydrogen) atoms. The lowest BCUT2D eigenvalue weighted by molar-refractivity contribution is -0.149. The molecule has 0 saturated carbocycles. The number of halogens is 3. The summed E-state index contributed by atoms with van der Waals surface area (Å²) in [7, 11) is 1.47. The molecule has 6 heteroatoms. The van der Waals surface area contributed by atoms with Crippen LogP contribution < -0.4 is 0 Å². The van der Waals surface area contributed by atoms with Gasteiger partial charge in [-0.25, -0.2) is 0 Å². The van der Waals surface area contributed by atoms with E-state index >= 15 is 0 Å². The molecule has 0 bridgehead atoms. The molecule has 3 nitrogen and oxygen atoms in total. The second kappa shape index (κ2) is 5.95. The zero-order chi connectivity index (χ0) is 14.6. The van der Waals surface area contributed by atoms with Gasteiger partial charge in [-0.1, -0.05) is 12.1 Å². The molecule has 1 atom stereocenters. The third-order valence-electron chi connectivity index (χ3n) is 2.97. The molecule has 106 valence electrons. The predicted octanol–water partition coefficient (Wildman–Crippen LogP) is 3.25. The van der Waals surface area contributed by atoms with E-state index in [-0.39, 0.29) is 11.8 Å². The summed E-state index contributed by atoms with van der Waals surface area (Å²) < 4.78 is 36.1. The van der Waals surface area contributed by atoms with Crippen LogP contribution in [0.1, 0.15) is 31.4 Å². The quantitative estimate of drug-likeness (QED) is 0.916. The van der Waals surface area contributed by atoms with Crippen molar-refractivity contribution < 1.29 is 23.1 Å². The Morgan fingerprint density at radius 1 is 1.32 bits per heavy atom. The Morgan fingerprint density at radius 2 is 1.84 bits per heavy atom. The number of carbonyl (C=O) groups is 1. The van der Waals surface area contributed by atoms with Crippen LogP contribution in [0, 0.1) is 0 Å². The smallest absolute Gasteiger partial charge is 0.389 e. The van der Waals surface area contributed by atoms with Crippen molar-refractivity contribution in [1.82, 2.24) is 4.90 Å². The molecule has 0 spiro atoms. The van der Waals surface area contributed by atoms with Gasteiger partial charge in [-0.2, -0.15) is 13.2 Å². The van der Waals surface area contributed by atoms with Crippen LogP contribution in [-0.2, 0) is 4.79 Å². The highest BCUT2D eigenvalue weighted by Gasteiger charge is 2.29. The minimum absolute atomic E-state index is 0.0991. The van der Waals surface area contributed by atoms with Gasteiger partial charge in [-0.15, -0.1) is 0 Å². The van der Waals surface area contributed by atoms with Gasteiger partial charge in [0.1, 0.15) is 5.75 Å². The number of alkyl halides is 3. The normalized spacial score (nSPS) is 13.1. The van der Waals surface area contributed by atoms with Gasteiger partial charge < -0.3 is 10.0 Å². The maximum Gasteiger partial charge on any atom is 0.389 e. The Balaban J connectivity index is 2.63. The summed E-state index contributed by atoms with van der Waals surface area (Å²) in [6, 6.07) is 5.86. The number of rotatable bonds is 4. The van der Waals surface area contributed by atoms with Crippen molar-refractivity contribution in [2.45, 2.75) is 32.0 Å². The number of hydrogen-bond acceptors (Lipinski definition) is 2. The highest BCUT2D eigenvalue weighted by Crippen LogP contribution is 2.25. The first-order chi connectivity index (χ1) is 8.70. The number of phenolic OH excluding ortho intramolecular Hbond substituents is 1. The van der Waals surface area contributed by atoms with E-state index in [9.17, 15) is 18.0 Å². The molecule has 1 amide bonds. The highest BCUT2D eigenvalue weighted by atomic mass is 19.4. The molecule has 1 rings (SSSR count). The van der Waals surface area contributed by atoms with Gasteiger partial charge in [0.25, 0.3) is 0 Å². The van der Waals surface area contributed by atoms with Crippen molar-refractivity contribution in [3.8, 4) is 5.75 Å². The molecule has 0 fully saturated rings. The standard InChI is InChI=1S/C13H16F3NO2/c1-9(10-3-5-11(18)6-4-10)17(2)12(19)7-8-13(14,15)16/h3-6,9,18H,7-8H2,1-2H3. The number of phenols is 1. The van der Waals surface area contributed by atoms with Gasteiger partial charge in [-0.3, -0.25) is 4.79 Å². The van der Waals surface area contributed by atoms with Gasteiger partial charge in [0, 0.05) is 13.5 Å². The highest BCUT2D eigenvalue weighted by molar-refractivity contribution is 5.76. The lowest BCUT2D eigenvalue weighted by Crippen LogP contribution is -2.30. The van der Waals surface area contributed by atoms with Crippen LogP contribution >= 0.6 is 0 Å². The van der Waals surface area contributed by atoms with E-state index in [1.165, 1.54) is 24.1 Å². The average molecular weight is 275 g/mol. The molecule has 0 saturated heterocycles. The molecule has 1 aromatic carbocycles. The van der Waals surface area contributed by atoms with Gasteiger partial charge in [0.05, 0.1) is 12.5 Å². The number of nitrogens with zero attached hydrogens (tertiary/aromatic N) is 1. The van der Waals surface area contributed by atoms with Gasteiger partial charge in [0.2, 0.25) is 5.91 Å². The number of carbonyl (C=O) groups excluding carboxylic acids is 1. The minimum atomic E-state index is -4.32. The SMILES string of the molecule is CC(c1ccc(O)cc1)N(C)C(=O)CCC(F)(F)F. The lowest BCUT2D eigenvalue weighted by Gasteiger charge is -2.25. The molecule has 0 aromatic heterocycles. The van der Waals surface area contributed by atoms with Gasteiger partial charge in [-0.05, 0) is 24.6 Å². The Morgan fingerprint density at radius 3 is 2.32 bits per heavy atom. The monoisotopic (exact) mass is 275 g/mol. The molecule has 1 aromatic rings. The fraction of sp³-hybridized carbons (Fsp3) is 0.462. The first kappa shape index (κ1) is 15.3. The number of hydrogen-bond donors (Lipinski definition) is 1. The van der Waals surface area contributed by atoms with Crippen LogP contribution in [0.5, 0.6) is 5.75 Å². The summed E-state index contributed by atoms with van der Waals surface area (Å²) in [5, 5.41) is 9.15. The van der Waals surface area contributed by atoms with E-state index in [4.69, 9.17) is 5.11 Å². The van der Waals surface area contributed by atoms with E-state index in [0.717, 1.165) is 5.56 Å². The van der Waals surface area contributed by atoms with Crippen LogP contribution in [0.4, 0.5) is 13.2 Å². The third kappa shape index (κ3) is 4.81. The van der Waals surface area contributed by atoms with Crippen LogP contribution in [0.3, 0.4) is 0 Å². The molecular weight excluding hydrogens is 259 g/mol. The fourth-order valence-corrected chi connectivity index (χ4v) is 1.62. The van der Waals surface area contributed by atoms with E-state index in [0.29, 0.717) is 0 Å². The maximum absolute atomic E-state index is 12.0. The largest absolute Gasteiger partial charge is 0.508 e. The molecule has 0 radical (unpaired) electrons. The topological polar surface area (TPSA) is 40.5 Å². The molecule has 0 aliphatic carbocycles. The van der Waals surface area contributed by atoms with Crippen LogP contribution in [-0.4, -0.2) is 29.1 Å². The second-order valence-electron chi connectivity index (χ2n) is 4.39. The van der Waals surface area contributed by atoms with Crippen molar-refractivity contribution in [3.63, 3.8) is 0 Å². The predicted molar refractivity (Wildman–Crippen MR) is 64.6 cm³/mol. The second-order valence-corrected chi connectivity index (χ2v) is 4.39. The minimum Gasteiger partial charge on any atom is -0.508 e. The Kier molecular flexibility index (Phi) is 4.80. The third-order valence-corrected chi connectivity index (χ3v) is 2.97. The maximum atomic E-state index is 12.0. The summed E-state index contributed by atoms with van der Waals surface area (Å²) in [4.78, 5) is 12.9. The first-order valence-electron chi connectivity index (χ1n) is 5.82. The molecule has 0 heterocycles. The molecule has 1 N–H and O–H groups in total. The average Bonchev–Trinajstić information content (AvgIpc) is 2.34. The van der Waals surface area contributed by atoms with Crippen molar-refractivity contribution in [2.24, 2.45) is 0 Å². The summed E-state index contributed by atoms with van der Waals surface area (Å²) in [5.41, 5.74) is 0.751. The van der Waals surface area contributed by atoms with Gasteiger partial charge in [0.15, 0.2) is 0 Å². The first-order valence-corrected chi connectivity index (χ1v) is 5.82. The van der Waals surface area contributed by atoms with Crippen LogP contribution in [0.15, 0.2) is 24.3 Å². The summed E-state index contributed by atoms with van der Waals surface area (Å²) in [6.07, 6.45) is -5.99. The number of aromatic hydroxyl groups is 1. The molecule has 0 aliphatic rings. The van der Waals surface area contributed by atoms with Crippen molar-refractivity contribution in [3.05, 3.63) is 29.8 Å². The van der Waals surface area contributed by atoms with Crippen molar-refractivity contribution in [2.75, 3.05) is 7.05 Å². The Bertz CT molecular complexity index is 429. The zero-order valence-electron chi connectivity index (χ0n) is 10.7. The molecule has 0 aliphatic heterocycles. The Labute approximate surface area is 109 Å². The van der Waals surface area contributed by atoms with Crippen molar-refractivity contribution in [1.29, 1.82) is 0 Å². The molecule has 1 unspecified atom stereocenters. The molecular formula is C13H16F3NO2.